The quantitative estimate of drug-likeness (QED) is 0.310. The number of carbonyl (C=O) groups is 1. The molecule has 2 heterocycles. The Bertz CT molecular complexity index is 1030. The number of imidazole rings is 1. The van der Waals surface area contributed by atoms with Crippen molar-refractivity contribution in [2.45, 2.75) is 45.8 Å². The first kappa shape index (κ1) is 24.4. The fourth-order valence-electron chi connectivity index (χ4n) is 2.91. The van der Waals surface area contributed by atoms with Gasteiger partial charge >= 0.3 is 13.6 Å². The van der Waals surface area contributed by atoms with Crippen molar-refractivity contribution in [1.82, 2.24) is 19.5 Å². The Morgan fingerprint density at radius 2 is 2.00 bits per heavy atom. The largest absolute Gasteiger partial charge is 0.438 e. The van der Waals surface area contributed by atoms with Gasteiger partial charge in [0.2, 0.25) is 12.7 Å². The zero-order valence-electron chi connectivity index (χ0n) is 19.3. The second-order valence-electron chi connectivity index (χ2n) is 9.02. The number of anilines is 2. The van der Waals surface area contributed by atoms with Crippen LogP contribution in [0, 0.1) is 5.41 Å². The van der Waals surface area contributed by atoms with Crippen LogP contribution in [0.3, 0.4) is 0 Å². The standard InChI is InChI=1S/C19H31N6O6P/c1-18(2,3)16(26)29-11-31-32(27,28-6)12-30-19(7-8-19)9-25-10-21-13-14(24(4)5)22-17(20)23-15(13)25/h10H,7-9,11-12H2,1-6H3,(H2,20,22,23). The van der Waals surface area contributed by atoms with Gasteiger partial charge in [0.05, 0.1) is 23.9 Å². The number of ether oxygens (including phenoxy) is 2. The molecule has 0 amide bonds. The third-order valence-electron chi connectivity index (χ3n) is 5.01. The zero-order chi connectivity index (χ0) is 23.7. The van der Waals surface area contributed by atoms with Crippen LogP contribution in [0.1, 0.15) is 33.6 Å². The zero-order valence-corrected chi connectivity index (χ0v) is 20.2. The van der Waals surface area contributed by atoms with E-state index in [-0.39, 0.29) is 12.3 Å². The highest BCUT2D eigenvalue weighted by molar-refractivity contribution is 7.53. The molecule has 2 N–H and O–H groups in total. The lowest BCUT2D eigenvalue weighted by Gasteiger charge is -2.22. The third kappa shape index (κ3) is 5.55. The van der Waals surface area contributed by atoms with Crippen LogP contribution in [0.25, 0.3) is 11.2 Å². The molecule has 1 saturated carbocycles. The first-order valence-corrected chi connectivity index (χ1v) is 11.9. The van der Waals surface area contributed by atoms with Crippen molar-refractivity contribution in [2.24, 2.45) is 5.41 Å². The summed E-state index contributed by atoms with van der Waals surface area (Å²) in [6.45, 7) is 5.10. The van der Waals surface area contributed by atoms with Gasteiger partial charge in [0.15, 0.2) is 17.0 Å². The molecule has 0 aromatic carbocycles. The number of fused-ring (bicyclic) bond motifs is 1. The van der Waals surface area contributed by atoms with Crippen LogP contribution in [0.4, 0.5) is 11.8 Å². The van der Waals surface area contributed by atoms with Gasteiger partial charge in [0.1, 0.15) is 6.35 Å². The molecule has 13 heteroatoms. The minimum Gasteiger partial charge on any atom is -0.438 e. The van der Waals surface area contributed by atoms with Gasteiger partial charge in [-0.1, -0.05) is 0 Å². The van der Waals surface area contributed by atoms with E-state index in [1.165, 1.54) is 7.11 Å². The normalized spacial score (nSPS) is 17.2. The summed E-state index contributed by atoms with van der Waals surface area (Å²) in [6, 6.07) is 0. The molecule has 1 atom stereocenters. The summed E-state index contributed by atoms with van der Waals surface area (Å²) in [5, 5.41) is 0. The van der Waals surface area contributed by atoms with Crippen molar-refractivity contribution in [3.05, 3.63) is 6.33 Å². The predicted octanol–water partition coefficient (Wildman–Crippen LogP) is 2.38. The van der Waals surface area contributed by atoms with Gasteiger partial charge in [-0.15, -0.1) is 0 Å². The van der Waals surface area contributed by atoms with Gasteiger partial charge in [-0.25, -0.2) is 4.98 Å². The predicted molar refractivity (Wildman–Crippen MR) is 118 cm³/mol. The molecule has 1 aliphatic rings. The van der Waals surface area contributed by atoms with Gasteiger partial charge < -0.3 is 29.2 Å². The Hall–Kier alpha value is -2.27. The molecule has 32 heavy (non-hydrogen) atoms. The Labute approximate surface area is 186 Å². The highest BCUT2D eigenvalue weighted by atomic mass is 31.2. The molecule has 0 bridgehead atoms. The van der Waals surface area contributed by atoms with Crippen molar-refractivity contribution in [3.63, 3.8) is 0 Å². The number of rotatable bonds is 10. The van der Waals surface area contributed by atoms with Crippen molar-refractivity contribution in [1.29, 1.82) is 0 Å². The topological polar surface area (TPSA) is 144 Å². The summed E-state index contributed by atoms with van der Waals surface area (Å²) >= 11 is 0. The minimum atomic E-state index is -3.61. The molecule has 3 rings (SSSR count). The van der Waals surface area contributed by atoms with E-state index in [0.29, 0.717) is 23.5 Å². The number of carbonyl (C=O) groups excluding carboxylic acids is 1. The van der Waals surface area contributed by atoms with Crippen molar-refractivity contribution in [3.8, 4) is 0 Å². The first-order chi connectivity index (χ1) is 14.9. The van der Waals surface area contributed by atoms with Crippen molar-refractivity contribution in [2.75, 3.05) is 45.0 Å². The van der Waals surface area contributed by atoms with Crippen molar-refractivity contribution >= 4 is 36.5 Å². The number of hydrogen-bond acceptors (Lipinski definition) is 11. The molecular formula is C19H31N6O6P. The lowest BCUT2D eigenvalue weighted by atomic mass is 9.98. The maximum Gasteiger partial charge on any atom is 0.358 e. The molecule has 0 radical (unpaired) electrons. The molecule has 2 aromatic rings. The first-order valence-electron chi connectivity index (χ1n) is 10.1. The summed E-state index contributed by atoms with van der Waals surface area (Å²) in [4.78, 5) is 26.7. The summed E-state index contributed by atoms with van der Waals surface area (Å²) in [7, 11) is 1.36. The second-order valence-corrected chi connectivity index (χ2v) is 11.1. The van der Waals surface area contributed by atoms with Gasteiger partial charge in [0, 0.05) is 21.2 Å². The van der Waals surface area contributed by atoms with E-state index < -0.39 is 31.4 Å². The smallest absolute Gasteiger partial charge is 0.358 e. The molecule has 1 aliphatic carbocycles. The molecule has 0 spiro atoms. The van der Waals surface area contributed by atoms with E-state index in [9.17, 15) is 9.36 Å². The summed E-state index contributed by atoms with van der Waals surface area (Å²) in [5.41, 5.74) is 5.85. The highest BCUT2D eigenvalue weighted by Gasteiger charge is 2.46. The summed E-state index contributed by atoms with van der Waals surface area (Å²) in [5.74, 6) is 0.306. The second kappa shape index (κ2) is 8.93. The van der Waals surface area contributed by atoms with E-state index in [2.05, 4.69) is 15.0 Å². The Morgan fingerprint density at radius 1 is 1.31 bits per heavy atom. The van der Waals surface area contributed by atoms with Crippen LogP contribution < -0.4 is 10.6 Å². The summed E-state index contributed by atoms with van der Waals surface area (Å²) < 4.78 is 35.9. The number of esters is 1. The number of nitrogens with zero attached hydrogens (tertiary/aromatic N) is 5. The van der Waals surface area contributed by atoms with Gasteiger partial charge in [-0.05, 0) is 33.6 Å². The molecule has 12 nitrogen and oxygen atoms in total. The number of nitrogens with two attached hydrogens (primary N) is 1. The Balaban J connectivity index is 1.64. The molecule has 1 unspecified atom stereocenters. The van der Waals surface area contributed by atoms with E-state index >= 15 is 0 Å². The van der Waals surface area contributed by atoms with Gasteiger partial charge in [0.25, 0.3) is 0 Å². The van der Waals surface area contributed by atoms with Crippen LogP contribution in [-0.4, -0.2) is 65.4 Å². The highest BCUT2D eigenvalue weighted by Crippen LogP contribution is 2.51. The van der Waals surface area contributed by atoms with Crippen molar-refractivity contribution < 1.29 is 27.9 Å². The molecule has 0 saturated heterocycles. The maximum absolute atomic E-state index is 12.8. The van der Waals surface area contributed by atoms with Crippen LogP contribution >= 0.6 is 7.60 Å². The lowest BCUT2D eigenvalue weighted by Crippen LogP contribution is -2.25. The van der Waals surface area contributed by atoms with E-state index in [1.54, 1.807) is 27.1 Å². The lowest BCUT2D eigenvalue weighted by molar-refractivity contribution is -0.160. The van der Waals surface area contributed by atoms with Crippen LogP contribution in [-0.2, 0) is 34.4 Å². The monoisotopic (exact) mass is 470 g/mol. The van der Waals surface area contributed by atoms with Crippen LogP contribution in [0.5, 0.6) is 0 Å². The maximum atomic E-state index is 12.8. The Morgan fingerprint density at radius 3 is 2.56 bits per heavy atom. The number of aromatic nitrogens is 4. The van der Waals surface area contributed by atoms with Gasteiger partial charge in [-0.3, -0.25) is 13.9 Å². The average molecular weight is 470 g/mol. The fraction of sp³-hybridized carbons (Fsp3) is 0.684. The average Bonchev–Trinajstić information content (AvgIpc) is 3.38. The number of hydrogen-bond donors (Lipinski definition) is 1. The van der Waals surface area contributed by atoms with Crippen LogP contribution in [0.15, 0.2) is 6.33 Å². The van der Waals surface area contributed by atoms with E-state index in [1.807, 2.05) is 23.6 Å². The van der Waals surface area contributed by atoms with E-state index in [0.717, 1.165) is 12.8 Å². The Kier molecular flexibility index (Phi) is 6.80. The molecule has 178 valence electrons. The molecule has 2 aromatic heterocycles. The third-order valence-corrected chi connectivity index (χ3v) is 6.51. The number of nitrogen functional groups attached to an aromatic ring is 1. The fourth-order valence-corrected chi connectivity index (χ4v) is 3.84. The molecule has 1 fully saturated rings. The van der Waals surface area contributed by atoms with Gasteiger partial charge in [-0.2, -0.15) is 9.97 Å². The molecule has 0 aliphatic heterocycles. The minimum absolute atomic E-state index is 0.149. The SMILES string of the molecule is COP(=O)(COC1(Cn2cnc3c(N(C)C)nc(N)nc32)CC1)OCOC(=O)C(C)(C)C. The molecular weight excluding hydrogens is 439 g/mol. The van der Waals surface area contributed by atoms with E-state index in [4.69, 9.17) is 24.3 Å². The summed E-state index contributed by atoms with van der Waals surface area (Å²) in [6.07, 6.45) is 2.91. The van der Waals surface area contributed by atoms with Crippen LogP contribution in [0.2, 0.25) is 0 Å².